The van der Waals surface area contributed by atoms with Crippen LogP contribution >= 0.6 is 0 Å². The lowest BCUT2D eigenvalue weighted by molar-refractivity contribution is -0.729. The van der Waals surface area contributed by atoms with Gasteiger partial charge in [-0.15, -0.1) is 4.59 Å². The summed E-state index contributed by atoms with van der Waals surface area (Å²) in [6.07, 6.45) is 0. The fraction of sp³-hybridized carbons (Fsp3) is 0.600. The zero-order valence-corrected chi connectivity index (χ0v) is 5.50. The van der Waals surface area contributed by atoms with E-state index in [1.807, 2.05) is 6.92 Å². The topological polar surface area (TPSA) is 64.5 Å². The van der Waals surface area contributed by atoms with Crippen molar-refractivity contribution < 1.29 is 14.5 Å². The average molecular weight is 141 g/mol. The second-order valence-electron chi connectivity index (χ2n) is 2.69. The van der Waals surface area contributed by atoms with Gasteiger partial charge in [-0.25, -0.2) is 4.79 Å². The van der Waals surface area contributed by atoms with Crippen LogP contribution < -0.4 is 10.4 Å². The SMILES string of the molecule is CC1C[N+]12N=C([O-])NC2=O. The van der Waals surface area contributed by atoms with Gasteiger partial charge in [0.25, 0.3) is 0 Å². The monoisotopic (exact) mass is 141 g/mol. The van der Waals surface area contributed by atoms with Gasteiger partial charge in [0.2, 0.25) is 0 Å². The van der Waals surface area contributed by atoms with Gasteiger partial charge < -0.3 is 5.11 Å². The maximum Gasteiger partial charge on any atom is 0.448 e. The molecule has 2 aliphatic rings. The summed E-state index contributed by atoms with van der Waals surface area (Å²) in [4.78, 5) is 10.9. The number of amidine groups is 1. The van der Waals surface area contributed by atoms with Gasteiger partial charge in [-0.05, 0) is 6.92 Å². The molecule has 1 N–H and O–H groups in total. The summed E-state index contributed by atoms with van der Waals surface area (Å²) in [6, 6.07) is -0.599. The largest absolute Gasteiger partial charge is 0.842 e. The number of carbonyl (C=O) groups is 1. The van der Waals surface area contributed by atoms with Gasteiger partial charge in [-0.1, -0.05) is 5.10 Å². The molecular weight excluding hydrogens is 134 g/mol. The summed E-state index contributed by atoms with van der Waals surface area (Å²) in [7, 11) is 0. The quantitative estimate of drug-likeness (QED) is 0.331. The Labute approximate surface area is 57.5 Å². The minimum atomic E-state index is -0.505. The minimum absolute atomic E-state index is 0.0150. The number of nitrogens with one attached hydrogen (secondary N) is 1. The van der Waals surface area contributed by atoms with E-state index in [-0.39, 0.29) is 16.7 Å². The van der Waals surface area contributed by atoms with Gasteiger partial charge in [-0.2, -0.15) is 0 Å². The number of quaternary nitrogens is 1. The Morgan fingerprint density at radius 3 is 2.70 bits per heavy atom. The number of urea groups is 1. The molecule has 5 heteroatoms. The number of nitrogens with zero attached hydrogens (tertiary/aromatic N) is 2. The molecular formula is C5H7N3O2. The van der Waals surface area contributed by atoms with Crippen LogP contribution in [0.1, 0.15) is 6.92 Å². The number of rotatable bonds is 0. The summed E-state index contributed by atoms with van der Waals surface area (Å²) < 4.78 is -0.0150. The highest BCUT2D eigenvalue weighted by atomic mass is 16.3. The molecule has 2 heterocycles. The van der Waals surface area contributed by atoms with Gasteiger partial charge >= 0.3 is 6.03 Å². The highest BCUT2D eigenvalue weighted by Gasteiger charge is 2.62. The fourth-order valence-corrected chi connectivity index (χ4v) is 1.20. The molecule has 0 aromatic rings. The zero-order valence-electron chi connectivity index (χ0n) is 5.50. The van der Waals surface area contributed by atoms with Crippen molar-refractivity contribution in [2.24, 2.45) is 5.10 Å². The third-order valence-corrected chi connectivity index (χ3v) is 1.97. The molecule has 1 spiro atoms. The van der Waals surface area contributed by atoms with Crippen LogP contribution in [0.4, 0.5) is 4.79 Å². The highest BCUT2D eigenvalue weighted by molar-refractivity contribution is 5.91. The predicted octanol–water partition coefficient (Wildman–Crippen LogP) is -1.44. The van der Waals surface area contributed by atoms with E-state index in [0.29, 0.717) is 6.54 Å². The number of hydrogen-bond donors (Lipinski definition) is 1. The fourth-order valence-electron chi connectivity index (χ4n) is 1.20. The normalized spacial score (nSPS) is 43.5. The molecule has 2 aliphatic heterocycles. The van der Waals surface area contributed by atoms with E-state index in [1.54, 1.807) is 0 Å². The van der Waals surface area contributed by atoms with E-state index in [4.69, 9.17) is 0 Å². The lowest BCUT2D eigenvalue weighted by Gasteiger charge is -1.98. The molecule has 0 bridgehead atoms. The molecule has 0 aromatic heterocycles. The number of amides is 2. The molecule has 1 saturated heterocycles. The summed E-state index contributed by atoms with van der Waals surface area (Å²) in [5.41, 5.74) is 0. The van der Waals surface area contributed by atoms with Crippen molar-refractivity contribution in [2.75, 3.05) is 6.54 Å². The van der Waals surface area contributed by atoms with Crippen molar-refractivity contribution >= 4 is 12.1 Å². The molecule has 5 nitrogen and oxygen atoms in total. The van der Waals surface area contributed by atoms with E-state index < -0.39 is 6.02 Å². The van der Waals surface area contributed by atoms with Crippen LogP contribution in [0.2, 0.25) is 0 Å². The maximum atomic E-state index is 10.9. The summed E-state index contributed by atoms with van der Waals surface area (Å²) in [5.74, 6) is 0. The molecule has 1 fully saturated rings. The van der Waals surface area contributed by atoms with Crippen molar-refractivity contribution in [2.45, 2.75) is 13.0 Å². The number of carbonyl (C=O) groups excluding carboxylic acids is 1. The first kappa shape index (κ1) is 5.67. The molecule has 0 saturated carbocycles. The van der Waals surface area contributed by atoms with Gasteiger partial charge in [-0.3, -0.25) is 5.32 Å². The third kappa shape index (κ3) is 0.458. The van der Waals surface area contributed by atoms with E-state index >= 15 is 0 Å². The summed E-state index contributed by atoms with van der Waals surface area (Å²) in [5, 5.41) is 16.3. The minimum Gasteiger partial charge on any atom is -0.842 e. The first-order valence-electron chi connectivity index (χ1n) is 3.12. The smallest absolute Gasteiger partial charge is 0.448 e. The molecule has 2 unspecified atom stereocenters. The molecule has 0 aliphatic carbocycles. The van der Waals surface area contributed by atoms with Crippen LogP contribution in [0, 0.1) is 0 Å². The van der Waals surface area contributed by atoms with Gasteiger partial charge in [0, 0.05) is 0 Å². The van der Waals surface area contributed by atoms with Crippen LogP contribution in [0.25, 0.3) is 0 Å². The van der Waals surface area contributed by atoms with Crippen LogP contribution in [0.15, 0.2) is 5.10 Å². The average Bonchev–Trinajstić information content (AvgIpc) is 2.33. The lowest BCUT2D eigenvalue weighted by atomic mass is 10.6. The Kier molecular flexibility index (Phi) is 0.746. The van der Waals surface area contributed by atoms with Gasteiger partial charge in [0.15, 0.2) is 12.6 Å². The first-order valence-corrected chi connectivity index (χ1v) is 3.12. The van der Waals surface area contributed by atoms with Crippen molar-refractivity contribution in [3.8, 4) is 0 Å². The maximum absolute atomic E-state index is 10.9. The van der Waals surface area contributed by atoms with Crippen LogP contribution in [0.3, 0.4) is 0 Å². The zero-order chi connectivity index (χ0) is 7.35. The van der Waals surface area contributed by atoms with Crippen LogP contribution in [-0.4, -0.2) is 29.2 Å². The summed E-state index contributed by atoms with van der Waals surface area (Å²) in [6.45, 7) is 2.55. The molecule has 0 aromatic carbocycles. The van der Waals surface area contributed by atoms with E-state index in [1.165, 1.54) is 0 Å². The third-order valence-electron chi connectivity index (χ3n) is 1.97. The molecule has 2 amide bonds. The Hall–Kier alpha value is -1.10. The van der Waals surface area contributed by atoms with Crippen LogP contribution in [0.5, 0.6) is 0 Å². The standard InChI is InChI=1S/C5H7N3O2/c1-3-2-8(3)5(10)6-4(9)7-8/h3H,2H2,1H3,(H-,6,7,9,10). The van der Waals surface area contributed by atoms with Crippen molar-refractivity contribution in [1.29, 1.82) is 0 Å². The van der Waals surface area contributed by atoms with E-state index in [9.17, 15) is 9.90 Å². The van der Waals surface area contributed by atoms with Crippen LogP contribution in [-0.2, 0) is 0 Å². The molecule has 10 heavy (non-hydrogen) atoms. The second-order valence-corrected chi connectivity index (χ2v) is 2.69. The molecule has 54 valence electrons. The first-order chi connectivity index (χ1) is 4.65. The van der Waals surface area contributed by atoms with Gasteiger partial charge in [0.05, 0.1) is 0 Å². The van der Waals surface area contributed by atoms with E-state index in [0.717, 1.165) is 0 Å². The summed E-state index contributed by atoms with van der Waals surface area (Å²) >= 11 is 0. The van der Waals surface area contributed by atoms with Crippen molar-refractivity contribution in [1.82, 2.24) is 5.32 Å². The molecule has 0 radical (unpaired) electrons. The Bertz CT molecular complexity index is 237. The van der Waals surface area contributed by atoms with Crippen molar-refractivity contribution in [3.63, 3.8) is 0 Å². The predicted molar refractivity (Wildman–Crippen MR) is 30.6 cm³/mol. The lowest BCUT2D eigenvalue weighted by Crippen LogP contribution is -2.37. The number of hydrogen-bond acceptors (Lipinski definition) is 3. The Balaban J connectivity index is 2.32. The Morgan fingerprint density at radius 2 is 2.50 bits per heavy atom. The molecule has 2 rings (SSSR count). The Morgan fingerprint density at radius 1 is 1.90 bits per heavy atom. The van der Waals surface area contributed by atoms with Crippen molar-refractivity contribution in [3.05, 3.63) is 0 Å². The second kappa shape index (κ2) is 1.32. The highest BCUT2D eigenvalue weighted by Crippen LogP contribution is 2.33. The molecule has 2 atom stereocenters. The van der Waals surface area contributed by atoms with E-state index in [2.05, 4.69) is 10.4 Å². The van der Waals surface area contributed by atoms with Gasteiger partial charge in [0.1, 0.15) is 6.02 Å².